The van der Waals surface area contributed by atoms with Crippen molar-refractivity contribution in [1.82, 2.24) is 4.31 Å². The Balaban J connectivity index is 2.21. The third-order valence-electron chi connectivity index (χ3n) is 2.74. The Morgan fingerprint density at radius 1 is 1.16 bits per heavy atom. The lowest BCUT2D eigenvalue weighted by Gasteiger charge is -2.16. The Kier molecular flexibility index (Phi) is 4.45. The van der Waals surface area contributed by atoms with Gasteiger partial charge in [0.15, 0.2) is 0 Å². The van der Waals surface area contributed by atoms with Gasteiger partial charge in [0.1, 0.15) is 0 Å². The summed E-state index contributed by atoms with van der Waals surface area (Å²) in [6.07, 6.45) is 0. The predicted molar refractivity (Wildman–Crippen MR) is 81.9 cm³/mol. The molecule has 0 saturated heterocycles. The van der Waals surface area contributed by atoms with E-state index in [1.807, 2.05) is 31.2 Å². The molecule has 1 aromatic carbocycles. The molecule has 0 atom stereocenters. The van der Waals surface area contributed by atoms with E-state index in [1.54, 1.807) is 30.5 Å². The third kappa shape index (κ3) is 3.45. The molecule has 0 saturated carbocycles. The molecule has 0 unspecified atom stereocenters. The van der Waals surface area contributed by atoms with Gasteiger partial charge in [-0.2, -0.15) is 4.31 Å². The van der Waals surface area contributed by atoms with E-state index in [9.17, 15) is 8.42 Å². The van der Waals surface area contributed by atoms with Crippen LogP contribution in [0.15, 0.2) is 45.1 Å². The molecule has 6 heteroatoms. The standard InChI is InChI=1S/C13H14BrNO2S2/c1-10-3-6-12(7-4-10)19(16,17)15(2)9-11-5-8-13(14)18-11/h3-8H,9H2,1-2H3. The second-order valence-electron chi connectivity index (χ2n) is 4.28. The maximum absolute atomic E-state index is 12.4. The van der Waals surface area contributed by atoms with Gasteiger partial charge in [-0.25, -0.2) is 8.42 Å². The molecule has 2 aromatic rings. The molecule has 0 bridgehead atoms. The zero-order valence-corrected chi connectivity index (χ0v) is 13.8. The van der Waals surface area contributed by atoms with Crippen LogP contribution in [0.25, 0.3) is 0 Å². The molecule has 0 radical (unpaired) electrons. The van der Waals surface area contributed by atoms with Crippen LogP contribution in [0.2, 0.25) is 0 Å². The first-order chi connectivity index (χ1) is 8.89. The summed E-state index contributed by atoms with van der Waals surface area (Å²) in [6.45, 7) is 2.32. The molecule has 0 amide bonds. The van der Waals surface area contributed by atoms with Crippen molar-refractivity contribution < 1.29 is 8.42 Å². The van der Waals surface area contributed by atoms with Gasteiger partial charge in [0.05, 0.1) is 8.68 Å². The Bertz CT molecular complexity index is 662. The molecule has 0 aliphatic heterocycles. The van der Waals surface area contributed by atoms with Crippen LogP contribution in [0, 0.1) is 6.92 Å². The first kappa shape index (κ1) is 14.7. The number of rotatable bonds is 4. The second kappa shape index (κ2) is 5.75. The van der Waals surface area contributed by atoms with E-state index < -0.39 is 10.0 Å². The van der Waals surface area contributed by atoms with Crippen LogP contribution in [-0.4, -0.2) is 19.8 Å². The van der Waals surface area contributed by atoms with Gasteiger partial charge in [0.2, 0.25) is 10.0 Å². The fourth-order valence-corrected chi connectivity index (χ4v) is 4.40. The lowest BCUT2D eigenvalue weighted by atomic mass is 10.2. The fraction of sp³-hybridized carbons (Fsp3) is 0.231. The quantitative estimate of drug-likeness (QED) is 0.835. The van der Waals surface area contributed by atoms with Gasteiger partial charge in [-0.1, -0.05) is 17.7 Å². The molecule has 1 aromatic heterocycles. The van der Waals surface area contributed by atoms with Crippen molar-refractivity contribution in [1.29, 1.82) is 0 Å². The average Bonchev–Trinajstić information content (AvgIpc) is 2.75. The highest BCUT2D eigenvalue weighted by Gasteiger charge is 2.21. The lowest BCUT2D eigenvalue weighted by Crippen LogP contribution is -2.26. The number of halogens is 1. The molecule has 0 fully saturated rings. The van der Waals surface area contributed by atoms with Crippen LogP contribution in [0.4, 0.5) is 0 Å². The smallest absolute Gasteiger partial charge is 0.207 e. The number of hydrogen-bond acceptors (Lipinski definition) is 3. The van der Waals surface area contributed by atoms with E-state index in [0.717, 1.165) is 14.2 Å². The highest BCUT2D eigenvalue weighted by molar-refractivity contribution is 9.11. The average molecular weight is 360 g/mol. The maximum atomic E-state index is 12.4. The molecule has 0 aliphatic rings. The largest absolute Gasteiger partial charge is 0.243 e. The summed E-state index contributed by atoms with van der Waals surface area (Å²) in [6, 6.07) is 10.8. The van der Waals surface area contributed by atoms with Crippen LogP contribution >= 0.6 is 27.3 Å². The minimum absolute atomic E-state index is 0.330. The molecule has 3 nitrogen and oxygen atoms in total. The van der Waals surface area contributed by atoms with Gasteiger partial charge in [-0.15, -0.1) is 11.3 Å². The van der Waals surface area contributed by atoms with E-state index in [-0.39, 0.29) is 0 Å². The summed E-state index contributed by atoms with van der Waals surface area (Å²) < 4.78 is 27.1. The first-order valence-electron chi connectivity index (χ1n) is 5.67. The normalized spacial score (nSPS) is 12.0. The van der Waals surface area contributed by atoms with Gasteiger partial charge in [0, 0.05) is 18.5 Å². The van der Waals surface area contributed by atoms with Gasteiger partial charge < -0.3 is 0 Å². The molecular weight excluding hydrogens is 346 g/mol. The molecule has 102 valence electrons. The van der Waals surface area contributed by atoms with Crippen LogP contribution in [-0.2, 0) is 16.6 Å². The van der Waals surface area contributed by atoms with E-state index in [4.69, 9.17) is 0 Å². The Labute approximate surface area is 126 Å². The summed E-state index contributed by atoms with van der Waals surface area (Å²) >= 11 is 4.92. The number of nitrogens with zero attached hydrogens (tertiary/aromatic N) is 1. The topological polar surface area (TPSA) is 37.4 Å². The Morgan fingerprint density at radius 2 is 1.79 bits per heavy atom. The van der Waals surface area contributed by atoms with Crippen molar-refractivity contribution in [3.8, 4) is 0 Å². The van der Waals surface area contributed by atoms with E-state index in [1.165, 1.54) is 4.31 Å². The van der Waals surface area contributed by atoms with Gasteiger partial charge in [-0.05, 0) is 47.1 Å². The summed E-state index contributed by atoms with van der Waals surface area (Å²) in [5.74, 6) is 0. The van der Waals surface area contributed by atoms with Crippen molar-refractivity contribution in [3.63, 3.8) is 0 Å². The van der Waals surface area contributed by atoms with Gasteiger partial charge in [0.25, 0.3) is 0 Å². The van der Waals surface area contributed by atoms with Crippen LogP contribution < -0.4 is 0 Å². The third-order valence-corrected chi connectivity index (χ3v) is 6.16. The van der Waals surface area contributed by atoms with Gasteiger partial charge >= 0.3 is 0 Å². The molecule has 0 N–H and O–H groups in total. The highest BCUT2D eigenvalue weighted by atomic mass is 79.9. The molecule has 1 heterocycles. The zero-order valence-electron chi connectivity index (χ0n) is 10.6. The van der Waals surface area contributed by atoms with Crippen molar-refractivity contribution in [2.45, 2.75) is 18.4 Å². The molecule has 0 spiro atoms. The minimum Gasteiger partial charge on any atom is -0.207 e. The molecule has 0 aliphatic carbocycles. The minimum atomic E-state index is -3.42. The summed E-state index contributed by atoms with van der Waals surface area (Å²) in [7, 11) is -1.82. The van der Waals surface area contributed by atoms with E-state index >= 15 is 0 Å². The van der Waals surface area contributed by atoms with Crippen molar-refractivity contribution in [2.24, 2.45) is 0 Å². The predicted octanol–water partition coefficient (Wildman–Crippen LogP) is 3.64. The second-order valence-corrected chi connectivity index (χ2v) is 8.87. The number of aryl methyl sites for hydroxylation is 1. The number of hydrogen-bond donors (Lipinski definition) is 0. The van der Waals surface area contributed by atoms with Crippen molar-refractivity contribution in [2.75, 3.05) is 7.05 Å². The number of thiophene rings is 1. The van der Waals surface area contributed by atoms with Crippen molar-refractivity contribution >= 4 is 37.3 Å². The number of sulfonamides is 1. The monoisotopic (exact) mass is 359 g/mol. The molecule has 2 rings (SSSR count). The fourth-order valence-electron chi connectivity index (χ4n) is 1.63. The van der Waals surface area contributed by atoms with Crippen LogP contribution in [0.5, 0.6) is 0 Å². The van der Waals surface area contributed by atoms with E-state index in [2.05, 4.69) is 15.9 Å². The highest BCUT2D eigenvalue weighted by Crippen LogP contribution is 2.25. The molecular formula is C13H14BrNO2S2. The number of benzene rings is 1. The SMILES string of the molecule is Cc1ccc(S(=O)(=O)N(C)Cc2ccc(Br)s2)cc1. The summed E-state index contributed by atoms with van der Waals surface area (Å²) in [5, 5.41) is 0. The first-order valence-corrected chi connectivity index (χ1v) is 8.72. The maximum Gasteiger partial charge on any atom is 0.243 e. The molecule has 19 heavy (non-hydrogen) atoms. The Morgan fingerprint density at radius 3 is 2.32 bits per heavy atom. The summed E-state index contributed by atoms with van der Waals surface area (Å²) in [4.78, 5) is 1.33. The Hall–Kier alpha value is -0.690. The van der Waals surface area contributed by atoms with Crippen LogP contribution in [0.3, 0.4) is 0 Å². The van der Waals surface area contributed by atoms with Crippen LogP contribution in [0.1, 0.15) is 10.4 Å². The van der Waals surface area contributed by atoms with Gasteiger partial charge in [-0.3, -0.25) is 0 Å². The zero-order chi connectivity index (χ0) is 14.0. The lowest BCUT2D eigenvalue weighted by molar-refractivity contribution is 0.469. The summed E-state index contributed by atoms with van der Waals surface area (Å²) in [5.41, 5.74) is 1.05. The van der Waals surface area contributed by atoms with Crippen molar-refractivity contribution in [3.05, 3.63) is 50.6 Å². The van der Waals surface area contributed by atoms with E-state index in [0.29, 0.717) is 11.4 Å².